The molecule has 0 fully saturated rings. The van der Waals surface area contributed by atoms with Crippen molar-refractivity contribution in [1.29, 1.82) is 0 Å². The minimum atomic E-state index is 0.0191. The highest BCUT2D eigenvalue weighted by molar-refractivity contribution is 6.16. The van der Waals surface area contributed by atoms with Crippen LogP contribution in [0.4, 0.5) is 0 Å². The average Bonchev–Trinajstić information content (AvgIpc) is 2.98. The Morgan fingerprint density at radius 3 is 1.90 bits per heavy atom. The van der Waals surface area contributed by atoms with Crippen molar-refractivity contribution in [2.75, 3.05) is 0 Å². The molecule has 0 unspecified atom stereocenters. The first-order chi connectivity index (χ1) is 9.88. The van der Waals surface area contributed by atoms with E-state index < -0.39 is 0 Å². The number of alkyl halides is 1. The van der Waals surface area contributed by atoms with Gasteiger partial charge >= 0.3 is 0 Å². The molecule has 2 aromatic carbocycles. The number of aromatic nitrogens is 3. The first-order valence-corrected chi connectivity index (χ1v) is 6.99. The number of hydrogen-bond donors (Lipinski definition) is 1. The van der Waals surface area contributed by atoms with Gasteiger partial charge in [0.25, 0.3) is 0 Å². The fourth-order valence-corrected chi connectivity index (χ4v) is 2.40. The molecule has 0 spiro atoms. The largest absolute Gasteiger partial charge is 0.262 e. The van der Waals surface area contributed by atoms with Gasteiger partial charge < -0.3 is 0 Å². The molecule has 1 N–H and O–H groups in total. The highest BCUT2D eigenvalue weighted by Gasteiger charge is 2.20. The zero-order valence-corrected chi connectivity index (χ0v) is 11.6. The number of hydrogen-bond acceptors (Lipinski definition) is 2. The van der Waals surface area contributed by atoms with Crippen LogP contribution < -0.4 is 0 Å². The fourth-order valence-electron chi connectivity index (χ4n) is 2.28. The summed E-state index contributed by atoms with van der Waals surface area (Å²) in [4.78, 5) is 4.48. The van der Waals surface area contributed by atoms with Gasteiger partial charge in [-0.2, -0.15) is 5.10 Å². The van der Waals surface area contributed by atoms with E-state index in [-0.39, 0.29) is 5.92 Å². The summed E-state index contributed by atoms with van der Waals surface area (Å²) in [6, 6.07) is 20.5. The first kappa shape index (κ1) is 12.9. The molecule has 0 aliphatic rings. The van der Waals surface area contributed by atoms with Crippen molar-refractivity contribution in [2.24, 2.45) is 0 Å². The summed E-state index contributed by atoms with van der Waals surface area (Å²) < 4.78 is 0. The average molecular weight is 284 g/mol. The Morgan fingerprint density at radius 2 is 1.45 bits per heavy atom. The lowest BCUT2D eigenvalue weighted by Gasteiger charge is -2.14. The standard InChI is InChI=1S/C16H14ClN3/c17-11-14-18-16(20-19-14)15(12-7-3-1-4-8-12)13-9-5-2-6-10-13/h1-10,15H,11H2,(H,18,19,20). The number of rotatable bonds is 4. The Labute approximate surface area is 122 Å². The van der Waals surface area contributed by atoms with E-state index in [4.69, 9.17) is 11.6 Å². The van der Waals surface area contributed by atoms with Gasteiger partial charge in [0.2, 0.25) is 0 Å². The Balaban J connectivity index is 2.09. The van der Waals surface area contributed by atoms with E-state index in [1.54, 1.807) is 0 Å². The molecule has 0 radical (unpaired) electrons. The molecule has 0 amide bonds. The van der Waals surface area contributed by atoms with E-state index in [0.29, 0.717) is 11.7 Å². The van der Waals surface area contributed by atoms with E-state index >= 15 is 0 Å². The van der Waals surface area contributed by atoms with Crippen molar-refractivity contribution >= 4 is 11.6 Å². The summed E-state index contributed by atoms with van der Waals surface area (Å²) in [7, 11) is 0. The Morgan fingerprint density at radius 1 is 0.900 bits per heavy atom. The molecular formula is C16H14ClN3. The summed E-state index contributed by atoms with van der Waals surface area (Å²) in [5.74, 6) is 1.80. The third kappa shape index (κ3) is 2.58. The molecule has 0 aliphatic carbocycles. The van der Waals surface area contributed by atoms with E-state index in [9.17, 15) is 0 Å². The van der Waals surface area contributed by atoms with Crippen LogP contribution in [0.15, 0.2) is 60.7 Å². The summed E-state index contributed by atoms with van der Waals surface area (Å²) in [5, 5.41) is 7.20. The predicted octanol–water partition coefficient (Wildman–Crippen LogP) is 3.72. The quantitative estimate of drug-likeness (QED) is 0.742. The minimum absolute atomic E-state index is 0.0191. The van der Waals surface area contributed by atoms with Crippen molar-refractivity contribution < 1.29 is 0 Å². The topological polar surface area (TPSA) is 41.6 Å². The Hall–Kier alpha value is -2.13. The van der Waals surface area contributed by atoms with Crippen LogP contribution in [0.3, 0.4) is 0 Å². The molecule has 0 saturated heterocycles. The lowest BCUT2D eigenvalue weighted by molar-refractivity contribution is 0.862. The summed E-state index contributed by atoms with van der Waals surface area (Å²) >= 11 is 5.80. The predicted molar refractivity (Wildman–Crippen MR) is 79.8 cm³/mol. The van der Waals surface area contributed by atoms with Gasteiger partial charge in [-0.05, 0) is 11.1 Å². The van der Waals surface area contributed by atoms with Crippen molar-refractivity contribution in [3.05, 3.63) is 83.4 Å². The first-order valence-electron chi connectivity index (χ1n) is 6.45. The zero-order chi connectivity index (χ0) is 13.8. The van der Waals surface area contributed by atoms with Crippen LogP contribution >= 0.6 is 11.6 Å². The summed E-state index contributed by atoms with van der Waals surface area (Å²) in [5.41, 5.74) is 2.33. The van der Waals surface area contributed by atoms with Crippen LogP contribution in [0.1, 0.15) is 28.7 Å². The molecule has 1 aromatic heterocycles. The number of nitrogens with one attached hydrogen (secondary N) is 1. The molecule has 0 bridgehead atoms. The Bertz CT molecular complexity index is 625. The maximum absolute atomic E-state index is 5.80. The highest BCUT2D eigenvalue weighted by atomic mass is 35.5. The van der Waals surface area contributed by atoms with Crippen LogP contribution in [0.5, 0.6) is 0 Å². The van der Waals surface area contributed by atoms with Crippen LogP contribution in [-0.4, -0.2) is 15.2 Å². The molecule has 3 nitrogen and oxygen atoms in total. The number of halogens is 1. The molecule has 3 aromatic rings. The van der Waals surface area contributed by atoms with Crippen molar-refractivity contribution in [3.8, 4) is 0 Å². The van der Waals surface area contributed by atoms with Gasteiger partial charge in [0.05, 0.1) is 11.8 Å². The molecule has 20 heavy (non-hydrogen) atoms. The lowest BCUT2D eigenvalue weighted by atomic mass is 9.91. The number of nitrogens with zero attached hydrogens (tertiary/aromatic N) is 2. The van der Waals surface area contributed by atoms with Gasteiger partial charge in [0.15, 0.2) is 5.82 Å². The van der Waals surface area contributed by atoms with Gasteiger partial charge in [0.1, 0.15) is 5.82 Å². The molecule has 0 aliphatic heterocycles. The monoisotopic (exact) mass is 283 g/mol. The smallest absolute Gasteiger partial charge is 0.162 e. The normalized spacial score (nSPS) is 10.9. The van der Waals surface area contributed by atoms with E-state index in [1.807, 2.05) is 36.4 Å². The van der Waals surface area contributed by atoms with Gasteiger partial charge in [-0.3, -0.25) is 5.10 Å². The fraction of sp³-hybridized carbons (Fsp3) is 0.125. The molecular weight excluding hydrogens is 270 g/mol. The highest BCUT2D eigenvalue weighted by Crippen LogP contribution is 2.29. The molecule has 0 atom stereocenters. The van der Waals surface area contributed by atoms with Gasteiger partial charge in [-0.15, -0.1) is 11.6 Å². The second kappa shape index (κ2) is 5.88. The SMILES string of the molecule is ClCc1nc(C(c2ccccc2)c2ccccc2)n[nH]1. The van der Waals surface area contributed by atoms with Crippen molar-refractivity contribution in [1.82, 2.24) is 15.2 Å². The number of H-pyrrole nitrogens is 1. The van der Waals surface area contributed by atoms with Gasteiger partial charge in [-0.25, -0.2) is 4.98 Å². The second-order valence-corrected chi connectivity index (χ2v) is 4.80. The van der Waals surface area contributed by atoms with E-state index in [1.165, 1.54) is 11.1 Å². The lowest BCUT2D eigenvalue weighted by Crippen LogP contribution is -2.05. The minimum Gasteiger partial charge on any atom is -0.262 e. The third-order valence-corrected chi connectivity index (χ3v) is 3.45. The van der Waals surface area contributed by atoms with Crippen molar-refractivity contribution in [2.45, 2.75) is 11.8 Å². The molecule has 3 rings (SSSR count). The molecule has 100 valence electrons. The van der Waals surface area contributed by atoms with Crippen LogP contribution in [0.2, 0.25) is 0 Å². The Kier molecular flexibility index (Phi) is 3.79. The third-order valence-electron chi connectivity index (χ3n) is 3.20. The number of benzene rings is 2. The van der Waals surface area contributed by atoms with Crippen LogP contribution in [0.25, 0.3) is 0 Å². The molecule has 0 saturated carbocycles. The van der Waals surface area contributed by atoms with Crippen molar-refractivity contribution in [3.63, 3.8) is 0 Å². The van der Waals surface area contributed by atoms with Gasteiger partial charge in [-0.1, -0.05) is 60.7 Å². The summed E-state index contributed by atoms with van der Waals surface area (Å²) in [6.45, 7) is 0. The maximum atomic E-state index is 5.80. The summed E-state index contributed by atoms with van der Waals surface area (Å²) in [6.07, 6.45) is 0. The van der Waals surface area contributed by atoms with Crippen LogP contribution in [-0.2, 0) is 5.88 Å². The van der Waals surface area contributed by atoms with E-state index in [2.05, 4.69) is 39.4 Å². The molecule has 1 heterocycles. The van der Waals surface area contributed by atoms with E-state index in [0.717, 1.165) is 5.82 Å². The second-order valence-electron chi connectivity index (χ2n) is 4.53. The number of aromatic amines is 1. The molecule has 4 heteroatoms. The zero-order valence-electron chi connectivity index (χ0n) is 10.8. The van der Waals surface area contributed by atoms with Crippen LogP contribution in [0, 0.1) is 0 Å². The van der Waals surface area contributed by atoms with Gasteiger partial charge in [0, 0.05) is 0 Å². The maximum Gasteiger partial charge on any atom is 0.162 e.